The van der Waals surface area contributed by atoms with Gasteiger partial charge in [0.05, 0.1) is 10.9 Å². The van der Waals surface area contributed by atoms with Crippen molar-refractivity contribution in [2.24, 2.45) is 5.92 Å². The van der Waals surface area contributed by atoms with Crippen molar-refractivity contribution < 1.29 is 24.2 Å². The van der Waals surface area contributed by atoms with Gasteiger partial charge in [0.15, 0.2) is 0 Å². The van der Waals surface area contributed by atoms with E-state index in [0.717, 1.165) is 39.1 Å². The van der Waals surface area contributed by atoms with E-state index in [4.69, 9.17) is 4.74 Å². The second-order valence-electron chi connectivity index (χ2n) is 7.75. The van der Waals surface area contributed by atoms with E-state index in [1.165, 1.54) is 0 Å². The number of carboxylic acid groups (broad SMARTS) is 1. The molecule has 168 valence electrons. The quantitative estimate of drug-likeness (QED) is 0.519. The lowest BCUT2D eigenvalue weighted by atomic mass is 9.83. The standard InChI is InChI=1S/C23H18N2O6S2/c26-15(27)10-25-21(28)17-16(18-20(24-23(30)33-18)32-19(17)22(25)29)13-7-4-8-14(9-13)31-11-12-5-2-1-3-6-12/h1-9,16-17,19H,10-11H2,(H,24,30)(H,26,27)/t16-,17?,19?/m1/s1. The fraction of sp³-hybridized carbons (Fsp3) is 0.217. The number of amides is 2. The van der Waals surface area contributed by atoms with Crippen LogP contribution in [0.15, 0.2) is 64.4 Å². The number of rotatable bonds is 6. The van der Waals surface area contributed by atoms with Gasteiger partial charge in [-0.2, -0.15) is 0 Å². The van der Waals surface area contributed by atoms with Crippen molar-refractivity contribution >= 4 is 40.9 Å². The number of nitrogens with one attached hydrogen (secondary N) is 1. The van der Waals surface area contributed by atoms with Crippen LogP contribution in [0.2, 0.25) is 0 Å². The molecule has 3 heterocycles. The molecule has 2 unspecified atom stereocenters. The molecule has 0 aliphatic carbocycles. The fourth-order valence-corrected chi connectivity index (χ4v) is 6.80. The van der Waals surface area contributed by atoms with E-state index in [-0.39, 0.29) is 4.87 Å². The maximum absolute atomic E-state index is 13.2. The van der Waals surface area contributed by atoms with Gasteiger partial charge in [-0.15, -0.1) is 0 Å². The third-order valence-electron chi connectivity index (χ3n) is 5.67. The Morgan fingerprint density at radius 1 is 1.06 bits per heavy atom. The van der Waals surface area contributed by atoms with Gasteiger partial charge in [0.1, 0.15) is 24.2 Å². The zero-order valence-electron chi connectivity index (χ0n) is 17.1. The van der Waals surface area contributed by atoms with E-state index in [1.54, 1.807) is 12.1 Å². The second kappa shape index (κ2) is 8.53. The molecule has 3 atom stereocenters. The maximum Gasteiger partial charge on any atom is 0.323 e. The molecular weight excluding hydrogens is 464 g/mol. The zero-order valence-corrected chi connectivity index (χ0v) is 18.7. The van der Waals surface area contributed by atoms with Gasteiger partial charge in [-0.05, 0) is 23.3 Å². The minimum Gasteiger partial charge on any atom is -0.489 e. The van der Waals surface area contributed by atoms with Crippen LogP contribution in [-0.4, -0.2) is 44.6 Å². The van der Waals surface area contributed by atoms with Crippen molar-refractivity contribution in [2.45, 2.75) is 22.8 Å². The summed E-state index contributed by atoms with van der Waals surface area (Å²) in [6.45, 7) is -0.314. The number of thiazole rings is 1. The number of benzene rings is 2. The highest BCUT2D eigenvalue weighted by Crippen LogP contribution is 2.52. The Labute approximate surface area is 196 Å². The summed E-state index contributed by atoms with van der Waals surface area (Å²) in [5.41, 5.74) is 1.73. The highest BCUT2D eigenvalue weighted by atomic mass is 32.2. The molecule has 2 aromatic carbocycles. The van der Waals surface area contributed by atoms with E-state index in [1.807, 2.05) is 42.5 Å². The summed E-state index contributed by atoms with van der Waals surface area (Å²) in [6.07, 6.45) is 0. The van der Waals surface area contributed by atoms with Crippen LogP contribution < -0.4 is 9.61 Å². The average Bonchev–Trinajstić information content (AvgIpc) is 3.29. The predicted molar refractivity (Wildman–Crippen MR) is 121 cm³/mol. The molecule has 2 aliphatic heterocycles. The molecule has 1 saturated heterocycles. The topological polar surface area (TPSA) is 117 Å². The molecule has 10 heteroatoms. The van der Waals surface area contributed by atoms with Crippen LogP contribution in [0.3, 0.4) is 0 Å². The molecule has 1 aromatic heterocycles. The molecule has 8 nitrogen and oxygen atoms in total. The number of hydrogen-bond donors (Lipinski definition) is 2. The highest BCUT2D eigenvalue weighted by molar-refractivity contribution is 8.00. The summed E-state index contributed by atoms with van der Waals surface area (Å²) in [5, 5.41) is 8.92. The Balaban J connectivity index is 1.51. The van der Waals surface area contributed by atoms with Crippen molar-refractivity contribution in [3.8, 4) is 5.75 Å². The molecule has 2 aliphatic rings. The number of aromatic amines is 1. The van der Waals surface area contributed by atoms with E-state index in [2.05, 4.69) is 4.98 Å². The third kappa shape index (κ3) is 3.96. The number of imide groups is 1. The monoisotopic (exact) mass is 482 g/mol. The predicted octanol–water partition coefficient (Wildman–Crippen LogP) is 2.69. The van der Waals surface area contributed by atoms with Crippen molar-refractivity contribution in [1.29, 1.82) is 0 Å². The van der Waals surface area contributed by atoms with Gasteiger partial charge in [0, 0.05) is 10.8 Å². The Morgan fingerprint density at radius 3 is 2.61 bits per heavy atom. The van der Waals surface area contributed by atoms with E-state index in [0.29, 0.717) is 22.3 Å². The smallest absolute Gasteiger partial charge is 0.323 e. The number of carbonyl (C=O) groups excluding carboxylic acids is 2. The maximum atomic E-state index is 13.2. The van der Waals surface area contributed by atoms with Gasteiger partial charge in [0.25, 0.3) is 0 Å². The first kappa shape index (κ1) is 21.5. The lowest BCUT2D eigenvalue weighted by Crippen LogP contribution is -2.36. The van der Waals surface area contributed by atoms with Crippen LogP contribution in [0.5, 0.6) is 5.75 Å². The summed E-state index contributed by atoms with van der Waals surface area (Å²) in [7, 11) is 0. The van der Waals surface area contributed by atoms with E-state index < -0.39 is 41.4 Å². The van der Waals surface area contributed by atoms with Crippen molar-refractivity contribution in [3.05, 3.63) is 80.3 Å². The van der Waals surface area contributed by atoms with E-state index in [9.17, 15) is 24.3 Å². The Morgan fingerprint density at radius 2 is 1.85 bits per heavy atom. The molecule has 2 amide bonds. The van der Waals surface area contributed by atoms with E-state index >= 15 is 0 Å². The number of nitrogens with zero attached hydrogens (tertiary/aromatic N) is 1. The van der Waals surface area contributed by atoms with Crippen LogP contribution in [0, 0.1) is 5.92 Å². The van der Waals surface area contributed by atoms with Crippen LogP contribution in [0.25, 0.3) is 0 Å². The molecule has 2 N–H and O–H groups in total. The van der Waals surface area contributed by atoms with Crippen LogP contribution in [-0.2, 0) is 21.0 Å². The van der Waals surface area contributed by atoms with Crippen molar-refractivity contribution in [1.82, 2.24) is 9.88 Å². The first-order chi connectivity index (χ1) is 15.9. The van der Waals surface area contributed by atoms with Crippen molar-refractivity contribution in [3.63, 3.8) is 0 Å². The normalized spacial score (nSPS) is 21.6. The van der Waals surface area contributed by atoms with Gasteiger partial charge in [-0.25, -0.2) is 0 Å². The summed E-state index contributed by atoms with van der Waals surface area (Å²) >= 11 is 2.13. The minimum absolute atomic E-state index is 0.267. The van der Waals surface area contributed by atoms with Gasteiger partial charge >= 0.3 is 10.8 Å². The average molecular weight is 483 g/mol. The molecule has 3 aromatic rings. The number of carboxylic acids is 1. The van der Waals surface area contributed by atoms with Gasteiger partial charge in [0.2, 0.25) is 11.8 Å². The number of likely N-dealkylation sites (tertiary alicyclic amines) is 1. The van der Waals surface area contributed by atoms with Gasteiger partial charge < -0.3 is 14.8 Å². The molecule has 0 saturated carbocycles. The first-order valence-electron chi connectivity index (χ1n) is 10.2. The van der Waals surface area contributed by atoms with Crippen LogP contribution in [0.1, 0.15) is 21.9 Å². The summed E-state index contributed by atoms with van der Waals surface area (Å²) < 4.78 is 5.94. The van der Waals surface area contributed by atoms with Gasteiger partial charge in [-0.1, -0.05) is 65.6 Å². The largest absolute Gasteiger partial charge is 0.489 e. The Kier molecular flexibility index (Phi) is 5.55. The molecule has 0 spiro atoms. The molecule has 33 heavy (non-hydrogen) atoms. The molecule has 1 fully saturated rings. The van der Waals surface area contributed by atoms with Crippen LogP contribution >= 0.6 is 23.1 Å². The second-order valence-corrected chi connectivity index (χ2v) is 9.92. The minimum atomic E-state index is -1.25. The Hall–Kier alpha value is -3.37. The summed E-state index contributed by atoms with van der Waals surface area (Å²) in [5.74, 6) is -3.11. The van der Waals surface area contributed by atoms with Crippen LogP contribution in [0.4, 0.5) is 0 Å². The van der Waals surface area contributed by atoms with Gasteiger partial charge in [-0.3, -0.25) is 24.1 Å². The summed E-state index contributed by atoms with van der Waals surface area (Å²) in [4.78, 5) is 53.4. The number of thioether (sulfide) groups is 1. The number of aromatic nitrogens is 1. The number of hydrogen-bond acceptors (Lipinski definition) is 7. The molecular formula is C23H18N2O6S2. The molecule has 0 bridgehead atoms. The number of aliphatic carboxylic acids is 1. The number of carbonyl (C=O) groups is 3. The number of fused-ring (bicyclic) bond motifs is 2. The molecule has 5 rings (SSSR count). The lowest BCUT2D eigenvalue weighted by molar-refractivity contribution is -0.149. The number of ether oxygens (including phenoxy) is 1. The molecule has 0 radical (unpaired) electrons. The lowest BCUT2D eigenvalue weighted by Gasteiger charge is -2.30. The summed E-state index contributed by atoms with van der Waals surface area (Å²) in [6, 6.07) is 16.9. The van der Waals surface area contributed by atoms with Crippen molar-refractivity contribution in [2.75, 3.05) is 6.54 Å². The first-order valence-corrected chi connectivity index (χ1v) is 11.9. The zero-order chi connectivity index (χ0) is 23.1. The highest BCUT2D eigenvalue weighted by Gasteiger charge is 2.56. The number of H-pyrrole nitrogens is 1. The Bertz CT molecular complexity index is 1300. The third-order valence-corrected chi connectivity index (χ3v) is 8.08. The fourth-order valence-electron chi connectivity index (χ4n) is 4.26. The SMILES string of the molecule is O=C(O)CN1C(=O)C2Sc3[nH]c(=O)sc3[C@H](c3cccc(OCc4ccccc4)c3)C2C1=O.